The molecule has 0 aromatic heterocycles. The van der Waals surface area contributed by atoms with E-state index in [0.29, 0.717) is 22.6 Å². The number of carbonyl (C=O) groups excluding carboxylic acids is 4. The Hall–Kier alpha value is -4.65. The maximum atomic E-state index is 13.0. The Kier molecular flexibility index (Phi) is 5.02. The third kappa shape index (κ3) is 3.63. The summed E-state index contributed by atoms with van der Waals surface area (Å²) in [4.78, 5) is 56.4. The number of amides is 5. The Morgan fingerprint density at radius 3 is 2.56 bits per heavy atom. The number of carbonyl (C=O) groups is 4. The van der Waals surface area contributed by atoms with E-state index in [9.17, 15) is 19.2 Å². The number of urea groups is 1. The van der Waals surface area contributed by atoms with E-state index in [1.54, 1.807) is 42.5 Å². The summed E-state index contributed by atoms with van der Waals surface area (Å²) in [6.07, 6.45) is 1.47. The second-order valence-corrected chi connectivity index (χ2v) is 8.01. The molecule has 2 aromatic rings. The molecule has 1 saturated heterocycles. The molecule has 5 rings (SSSR count). The summed E-state index contributed by atoms with van der Waals surface area (Å²) >= 11 is 0. The summed E-state index contributed by atoms with van der Waals surface area (Å²) in [5.41, 5.74) is 0.905. The van der Waals surface area contributed by atoms with Crippen molar-refractivity contribution in [3.05, 3.63) is 59.2 Å². The molecule has 0 saturated carbocycles. The van der Waals surface area contributed by atoms with Crippen LogP contribution in [-0.2, 0) is 16.1 Å². The molecule has 2 N–H and O–H groups in total. The van der Waals surface area contributed by atoms with Crippen molar-refractivity contribution >= 4 is 35.8 Å². The summed E-state index contributed by atoms with van der Waals surface area (Å²) in [6, 6.07) is 11.4. The number of aliphatic imine (C=N–C) groups is 1. The molecule has 0 bridgehead atoms. The van der Waals surface area contributed by atoms with Gasteiger partial charge < -0.3 is 15.0 Å². The number of methoxy groups -OCH3 is 1. The van der Waals surface area contributed by atoms with Gasteiger partial charge in [-0.25, -0.2) is 4.79 Å². The minimum absolute atomic E-state index is 0.116. The zero-order chi connectivity index (χ0) is 23.9. The topological polar surface area (TPSA) is 120 Å². The highest BCUT2D eigenvalue weighted by Crippen LogP contribution is 2.28. The van der Waals surface area contributed by atoms with Crippen molar-refractivity contribution in [1.82, 2.24) is 15.5 Å². The van der Waals surface area contributed by atoms with Gasteiger partial charge in [-0.2, -0.15) is 0 Å². The molecule has 10 nitrogen and oxygen atoms in total. The van der Waals surface area contributed by atoms with Crippen LogP contribution in [0.5, 0.6) is 5.75 Å². The first-order valence-corrected chi connectivity index (χ1v) is 10.4. The molecule has 0 radical (unpaired) electrons. The minimum atomic E-state index is -1.60. The number of anilines is 1. The van der Waals surface area contributed by atoms with Crippen molar-refractivity contribution in [2.24, 2.45) is 4.99 Å². The van der Waals surface area contributed by atoms with Gasteiger partial charge in [-0.3, -0.25) is 29.6 Å². The molecule has 2 aromatic carbocycles. The van der Waals surface area contributed by atoms with Gasteiger partial charge in [0.15, 0.2) is 0 Å². The van der Waals surface area contributed by atoms with Crippen LogP contribution in [0.1, 0.15) is 21.5 Å². The molecular weight excluding hydrogens is 438 g/mol. The lowest BCUT2D eigenvalue weighted by Crippen LogP contribution is -2.54. The predicted molar refractivity (Wildman–Crippen MR) is 121 cm³/mol. The van der Waals surface area contributed by atoms with Crippen LogP contribution in [0.15, 0.2) is 47.5 Å². The third-order valence-corrected chi connectivity index (χ3v) is 5.82. The van der Waals surface area contributed by atoms with Gasteiger partial charge in [-0.15, -0.1) is 0 Å². The molecule has 0 aliphatic carbocycles. The van der Waals surface area contributed by atoms with Crippen LogP contribution >= 0.6 is 0 Å². The average molecular weight is 457 g/mol. The van der Waals surface area contributed by atoms with Gasteiger partial charge in [-0.1, -0.05) is 17.9 Å². The first-order chi connectivity index (χ1) is 16.4. The monoisotopic (exact) mass is 457 g/mol. The smallest absolute Gasteiger partial charge is 0.323 e. The predicted octanol–water partition coefficient (Wildman–Crippen LogP) is 0.656. The van der Waals surface area contributed by atoms with Crippen LogP contribution in [0.4, 0.5) is 10.5 Å². The van der Waals surface area contributed by atoms with Crippen molar-refractivity contribution in [1.29, 1.82) is 0 Å². The molecule has 0 unspecified atom stereocenters. The molecular formula is C24H19N5O5. The van der Waals surface area contributed by atoms with E-state index in [2.05, 4.69) is 27.5 Å². The standard InChI is InChI=1S/C24H19N5O5/c1-34-18-7-4-16-12-28(21(31)19(16)10-18)13-24(22(32)26-23(33)27-24)9-8-15-2-5-17(6-3-15)29-14-25-11-20(29)30/h2-7,10,14H,11-13H2,1H3,(H2,26,27,32,33)/t24-/m1/s1. The van der Waals surface area contributed by atoms with Gasteiger partial charge in [0.1, 0.15) is 12.3 Å². The van der Waals surface area contributed by atoms with Crippen molar-refractivity contribution in [2.45, 2.75) is 12.1 Å². The summed E-state index contributed by atoms with van der Waals surface area (Å²) in [6.45, 7) is 0.278. The van der Waals surface area contributed by atoms with E-state index in [1.807, 2.05) is 0 Å². The molecule has 170 valence electrons. The quantitative estimate of drug-likeness (QED) is 0.516. The number of imide groups is 1. The minimum Gasteiger partial charge on any atom is -0.497 e. The lowest BCUT2D eigenvalue weighted by Gasteiger charge is -2.26. The van der Waals surface area contributed by atoms with Gasteiger partial charge in [0.05, 0.1) is 20.0 Å². The van der Waals surface area contributed by atoms with Crippen LogP contribution < -0.4 is 20.3 Å². The number of rotatable bonds is 4. The molecule has 1 atom stereocenters. The number of fused-ring (bicyclic) bond motifs is 1. The summed E-state index contributed by atoms with van der Waals surface area (Å²) < 4.78 is 5.20. The van der Waals surface area contributed by atoms with Crippen LogP contribution in [0.2, 0.25) is 0 Å². The largest absolute Gasteiger partial charge is 0.497 e. The van der Waals surface area contributed by atoms with Gasteiger partial charge in [0.2, 0.25) is 5.54 Å². The SMILES string of the molecule is COc1ccc2c(c1)C(=O)N(C[C@@]1(C#Cc3ccc(N4C=NCC4=O)cc3)NC(=O)NC1=O)C2. The molecule has 3 aliphatic rings. The lowest BCUT2D eigenvalue weighted by molar-refractivity contribution is -0.122. The van der Waals surface area contributed by atoms with Gasteiger partial charge >= 0.3 is 6.03 Å². The summed E-state index contributed by atoms with van der Waals surface area (Å²) in [7, 11) is 1.52. The number of ether oxygens (including phenoxy) is 1. The van der Waals surface area contributed by atoms with E-state index in [-0.39, 0.29) is 31.4 Å². The maximum absolute atomic E-state index is 13.0. The number of nitrogens with zero attached hydrogens (tertiary/aromatic N) is 3. The summed E-state index contributed by atoms with van der Waals surface area (Å²) in [5.74, 6) is 5.31. The lowest BCUT2D eigenvalue weighted by atomic mass is 9.99. The Morgan fingerprint density at radius 1 is 1.12 bits per heavy atom. The normalized spacial score (nSPS) is 20.7. The zero-order valence-electron chi connectivity index (χ0n) is 18.1. The van der Waals surface area contributed by atoms with Crippen molar-refractivity contribution in [3.63, 3.8) is 0 Å². The Labute approximate surface area is 194 Å². The van der Waals surface area contributed by atoms with Gasteiger partial charge in [0.25, 0.3) is 17.7 Å². The van der Waals surface area contributed by atoms with E-state index < -0.39 is 17.5 Å². The number of nitrogens with one attached hydrogen (secondary N) is 2. The van der Waals surface area contributed by atoms with Crippen LogP contribution in [0.3, 0.4) is 0 Å². The van der Waals surface area contributed by atoms with E-state index >= 15 is 0 Å². The second-order valence-electron chi connectivity index (χ2n) is 8.01. The molecule has 5 amide bonds. The fourth-order valence-electron chi connectivity index (χ4n) is 4.05. The van der Waals surface area contributed by atoms with E-state index in [0.717, 1.165) is 5.56 Å². The number of hydrogen-bond acceptors (Lipinski definition) is 6. The highest BCUT2D eigenvalue weighted by molar-refractivity contribution is 6.13. The molecule has 0 spiro atoms. The fraction of sp³-hybridized carbons (Fsp3) is 0.208. The van der Waals surface area contributed by atoms with Crippen LogP contribution in [-0.4, -0.2) is 60.7 Å². The Bertz CT molecular complexity index is 1320. The van der Waals surface area contributed by atoms with Crippen molar-refractivity contribution in [3.8, 4) is 17.6 Å². The van der Waals surface area contributed by atoms with Crippen LogP contribution in [0.25, 0.3) is 0 Å². The first kappa shape index (κ1) is 21.2. The van der Waals surface area contributed by atoms with Crippen LogP contribution in [0, 0.1) is 11.8 Å². The summed E-state index contributed by atoms with van der Waals surface area (Å²) in [5, 5.41) is 4.80. The molecule has 3 heterocycles. The van der Waals surface area contributed by atoms with Gasteiger partial charge in [0, 0.05) is 23.4 Å². The number of benzene rings is 2. The molecule has 10 heteroatoms. The van der Waals surface area contributed by atoms with Crippen molar-refractivity contribution in [2.75, 3.05) is 25.1 Å². The Balaban J connectivity index is 1.40. The van der Waals surface area contributed by atoms with E-state index in [1.165, 1.54) is 23.2 Å². The fourth-order valence-corrected chi connectivity index (χ4v) is 4.05. The third-order valence-electron chi connectivity index (χ3n) is 5.82. The highest BCUT2D eigenvalue weighted by Gasteiger charge is 2.48. The van der Waals surface area contributed by atoms with Crippen molar-refractivity contribution < 1.29 is 23.9 Å². The van der Waals surface area contributed by atoms with E-state index in [4.69, 9.17) is 4.74 Å². The maximum Gasteiger partial charge on any atom is 0.323 e. The zero-order valence-corrected chi connectivity index (χ0v) is 18.1. The molecule has 3 aliphatic heterocycles. The highest BCUT2D eigenvalue weighted by atomic mass is 16.5. The first-order valence-electron chi connectivity index (χ1n) is 10.4. The molecule has 34 heavy (non-hydrogen) atoms. The molecule has 1 fully saturated rings. The van der Waals surface area contributed by atoms with Gasteiger partial charge in [-0.05, 0) is 42.0 Å². The number of hydrogen-bond donors (Lipinski definition) is 2. The average Bonchev–Trinajstić information content (AvgIpc) is 3.48. The Morgan fingerprint density at radius 2 is 1.91 bits per heavy atom. The second kappa shape index (κ2) is 8.04.